The largest absolute Gasteiger partial charge is 0.756 e. The number of nitrogens with zero attached hydrogens (tertiary/aromatic N) is 1. The topological polar surface area (TPSA) is 114 Å². The number of esters is 1. The molecular formula is C60H101N2O7P. The number of quaternary nitrogens is 1. The standard InChI is InChI=1S/C60H101N2O7P/c1-7-10-13-16-19-22-25-27-29-31-33-35-38-41-44-47-50-53-60(64)69-58(51-48-45-42-39-36-24-21-18-15-12-9-3)57(56-68-70(65,66)67-55-54-62(4,5)6)61-59(63)52-49-46-43-40-37-34-32-30-28-26-23-20-17-14-11-8-2/h10-11,13-14,19-20,22-23,27-30,33-35,37,41,44,48,51,57-58H,7-9,12,15-18,21,24-26,31-32,36,38-40,42-43,45-47,49-50,52-56H2,1-6H3,(H-,61,63,65,66)/b13-10-,14-11+,22-19-,23-20+,29-27-,30-28+,35-33-,37-34+,44-41-,51-48+. The van der Waals surface area contributed by atoms with E-state index in [0.717, 1.165) is 103 Å². The van der Waals surface area contributed by atoms with Crippen LogP contribution in [0.15, 0.2) is 122 Å². The van der Waals surface area contributed by atoms with Crippen LogP contribution in [0.4, 0.5) is 0 Å². The SMILES string of the molecule is CC/C=C\C/C=C\C/C=C\C/C=C\C/C=C\CCCC(=O)OC(/C=C/CCCCCCCCCCC)C(COP(=O)([O-])OCC[N+](C)(C)C)NC(=O)CCCCC/C=C/C/C=C/C/C=C/C/C=C/CC. The molecule has 0 radical (unpaired) electrons. The number of phosphoric ester groups is 1. The number of unbranched alkanes of at least 4 members (excludes halogenated alkanes) is 13. The Hall–Kier alpha value is -3.59. The van der Waals surface area contributed by atoms with Crippen molar-refractivity contribution >= 4 is 19.7 Å². The van der Waals surface area contributed by atoms with Gasteiger partial charge in [0.2, 0.25) is 5.91 Å². The molecule has 0 aliphatic rings. The fourth-order valence-electron chi connectivity index (χ4n) is 6.96. The molecule has 0 heterocycles. The maximum atomic E-state index is 13.4. The molecule has 70 heavy (non-hydrogen) atoms. The van der Waals surface area contributed by atoms with Crippen molar-refractivity contribution < 1.29 is 37.3 Å². The van der Waals surface area contributed by atoms with Gasteiger partial charge in [0.1, 0.15) is 19.3 Å². The Kier molecular flexibility index (Phi) is 46.5. The van der Waals surface area contributed by atoms with Crippen LogP contribution in [0, 0.1) is 0 Å². The molecule has 1 amide bonds. The number of likely N-dealkylation sites (N-methyl/N-ethyl adjacent to an activating group) is 1. The van der Waals surface area contributed by atoms with Gasteiger partial charge in [-0.05, 0) is 109 Å². The molecule has 9 nitrogen and oxygen atoms in total. The monoisotopic (exact) mass is 993 g/mol. The molecule has 0 fully saturated rings. The summed E-state index contributed by atoms with van der Waals surface area (Å²) in [5, 5.41) is 2.98. The number of allylic oxidation sites excluding steroid dienone is 19. The van der Waals surface area contributed by atoms with Gasteiger partial charge in [0.25, 0.3) is 7.82 Å². The van der Waals surface area contributed by atoms with Crippen molar-refractivity contribution in [3.63, 3.8) is 0 Å². The van der Waals surface area contributed by atoms with Crippen LogP contribution in [-0.4, -0.2) is 69.4 Å². The second-order valence-electron chi connectivity index (χ2n) is 19.0. The van der Waals surface area contributed by atoms with E-state index < -0.39 is 32.5 Å². The van der Waals surface area contributed by atoms with E-state index in [-0.39, 0.29) is 25.4 Å². The third-order valence-corrected chi connectivity index (χ3v) is 12.1. The van der Waals surface area contributed by atoms with E-state index in [1.54, 1.807) is 6.08 Å². The Morgan fingerprint density at radius 3 is 1.40 bits per heavy atom. The van der Waals surface area contributed by atoms with Gasteiger partial charge in [-0.15, -0.1) is 0 Å². The van der Waals surface area contributed by atoms with E-state index in [1.807, 2.05) is 27.2 Å². The van der Waals surface area contributed by atoms with Crippen molar-refractivity contribution in [2.45, 2.75) is 206 Å². The summed E-state index contributed by atoms with van der Waals surface area (Å²) in [6.45, 7) is 6.50. The molecule has 0 bridgehead atoms. The second kappa shape index (κ2) is 49.0. The van der Waals surface area contributed by atoms with Gasteiger partial charge >= 0.3 is 5.97 Å². The molecule has 10 heteroatoms. The molecule has 3 unspecified atom stereocenters. The lowest BCUT2D eigenvalue weighted by atomic mass is 10.1. The summed E-state index contributed by atoms with van der Waals surface area (Å²) in [4.78, 5) is 39.7. The van der Waals surface area contributed by atoms with Crippen LogP contribution in [0.2, 0.25) is 0 Å². The van der Waals surface area contributed by atoms with Gasteiger partial charge in [-0.3, -0.25) is 14.2 Å². The van der Waals surface area contributed by atoms with E-state index in [1.165, 1.54) is 44.9 Å². The van der Waals surface area contributed by atoms with Crippen molar-refractivity contribution in [3.8, 4) is 0 Å². The molecule has 0 spiro atoms. The maximum Gasteiger partial charge on any atom is 0.306 e. The molecule has 398 valence electrons. The maximum absolute atomic E-state index is 13.4. The first-order valence-corrected chi connectivity index (χ1v) is 28.8. The summed E-state index contributed by atoms with van der Waals surface area (Å²) in [6, 6.07) is -0.935. The molecule has 1 N–H and O–H groups in total. The number of hydrogen-bond donors (Lipinski definition) is 1. The Labute approximate surface area is 429 Å². The summed E-state index contributed by atoms with van der Waals surface area (Å²) < 4.78 is 30.1. The Morgan fingerprint density at radius 2 is 0.929 bits per heavy atom. The van der Waals surface area contributed by atoms with Crippen LogP contribution in [0.3, 0.4) is 0 Å². The fourth-order valence-corrected chi connectivity index (χ4v) is 7.68. The van der Waals surface area contributed by atoms with Crippen LogP contribution < -0.4 is 10.2 Å². The Morgan fingerprint density at radius 1 is 0.514 bits per heavy atom. The summed E-state index contributed by atoms with van der Waals surface area (Å²) >= 11 is 0. The molecule has 0 aromatic rings. The lowest BCUT2D eigenvalue weighted by Gasteiger charge is -2.30. The van der Waals surface area contributed by atoms with Gasteiger partial charge in [-0.2, -0.15) is 0 Å². The van der Waals surface area contributed by atoms with E-state index in [9.17, 15) is 19.0 Å². The average molecular weight is 993 g/mol. The highest BCUT2D eigenvalue weighted by Gasteiger charge is 2.27. The smallest absolute Gasteiger partial charge is 0.306 e. The predicted molar refractivity (Wildman–Crippen MR) is 297 cm³/mol. The number of nitrogens with one attached hydrogen (secondary N) is 1. The number of phosphoric acid groups is 1. The van der Waals surface area contributed by atoms with Gasteiger partial charge in [-0.1, -0.05) is 194 Å². The van der Waals surface area contributed by atoms with Gasteiger partial charge in [-0.25, -0.2) is 0 Å². The highest BCUT2D eigenvalue weighted by atomic mass is 31.2. The third kappa shape index (κ3) is 49.4. The third-order valence-electron chi connectivity index (χ3n) is 11.1. The summed E-state index contributed by atoms with van der Waals surface area (Å²) in [5.74, 6) is -0.659. The molecule has 0 saturated heterocycles. The molecule has 0 rings (SSSR count). The minimum Gasteiger partial charge on any atom is -0.756 e. The first-order valence-electron chi connectivity index (χ1n) is 27.3. The number of hydrogen-bond acceptors (Lipinski definition) is 7. The van der Waals surface area contributed by atoms with Gasteiger partial charge in [0.15, 0.2) is 0 Å². The molecule has 0 aliphatic carbocycles. The zero-order chi connectivity index (χ0) is 51.5. The molecule has 0 saturated carbocycles. The van der Waals surface area contributed by atoms with Crippen molar-refractivity contribution in [2.75, 3.05) is 40.9 Å². The van der Waals surface area contributed by atoms with Crippen LogP contribution in [0.5, 0.6) is 0 Å². The number of carbonyl (C=O) groups excluding carboxylic acids is 2. The molecule has 0 aromatic heterocycles. The van der Waals surface area contributed by atoms with Crippen molar-refractivity contribution in [2.24, 2.45) is 0 Å². The van der Waals surface area contributed by atoms with Crippen molar-refractivity contribution in [3.05, 3.63) is 122 Å². The zero-order valence-electron chi connectivity index (χ0n) is 45.2. The first kappa shape index (κ1) is 66.4. The molecular weight excluding hydrogens is 892 g/mol. The zero-order valence-corrected chi connectivity index (χ0v) is 46.1. The van der Waals surface area contributed by atoms with E-state index in [2.05, 4.69) is 135 Å². The van der Waals surface area contributed by atoms with Gasteiger partial charge in [0.05, 0.1) is 33.8 Å². The first-order chi connectivity index (χ1) is 33.9. The van der Waals surface area contributed by atoms with Crippen molar-refractivity contribution in [1.82, 2.24) is 5.32 Å². The summed E-state index contributed by atoms with van der Waals surface area (Å²) in [5.41, 5.74) is 0. The van der Waals surface area contributed by atoms with Gasteiger partial charge in [0, 0.05) is 12.8 Å². The normalized spacial score (nSPS) is 14.8. The quantitative estimate of drug-likeness (QED) is 0.0212. The minimum absolute atomic E-state index is 0.0445. The number of ether oxygens (including phenoxy) is 1. The van der Waals surface area contributed by atoms with E-state index in [4.69, 9.17) is 13.8 Å². The van der Waals surface area contributed by atoms with Crippen LogP contribution in [0.1, 0.15) is 194 Å². The van der Waals surface area contributed by atoms with E-state index in [0.29, 0.717) is 23.9 Å². The predicted octanol–water partition coefficient (Wildman–Crippen LogP) is 15.7. The summed E-state index contributed by atoms with van der Waals surface area (Å²) in [6.07, 6.45) is 67.5. The highest BCUT2D eigenvalue weighted by molar-refractivity contribution is 7.45. The average Bonchev–Trinajstić information content (AvgIpc) is 3.32. The fraction of sp³-hybridized carbons (Fsp3) is 0.633. The second-order valence-corrected chi connectivity index (χ2v) is 20.4. The molecule has 0 aromatic carbocycles. The van der Waals surface area contributed by atoms with Gasteiger partial charge < -0.3 is 28.5 Å². The lowest BCUT2D eigenvalue weighted by molar-refractivity contribution is -0.870. The Balaban J connectivity index is 5.53. The van der Waals surface area contributed by atoms with E-state index >= 15 is 0 Å². The molecule has 0 aliphatic heterocycles. The van der Waals surface area contributed by atoms with Crippen LogP contribution in [-0.2, 0) is 27.9 Å². The number of rotatable bonds is 47. The number of carbonyl (C=O) groups is 2. The molecule has 3 atom stereocenters. The van der Waals surface area contributed by atoms with Crippen molar-refractivity contribution in [1.29, 1.82) is 0 Å². The lowest BCUT2D eigenvalue weighted by Crippen LogP contribution is -2.47. The van der Waals surface area contributed by atoms with Crippen LogP contribution in [0.25, 0.3) is 0 Å². The number of amides is 1. The minimum atomic E-state index is -4.72. The summed E-state index contributed by atoms with van der Waals surface area (Å²) in [7, 11) is 1.11. The van der Waals surface area contributed by atoms with Crippen LogP contribution >= 0.6 is 7.82 Å². The Bertz CT molecular complexity index is 1610. The highest BCUT2D eigenvalue weighted by Crippen LogP contribution is 2.38.